The van der Waals surface area contributed by atoms with Crippen LogP contribution < -0.4 is 5.32 Å². The Morgan fingerprint density at radius 2 is 2.00 bits per heavy atom. The fourth-order valence-electron chi connectivity index (χ4n) is 3.34. The molecule has 0 spiro atoms. The van der Waals surface area contributed by atoms with Gasteiger partial charge in [0.05, 0.1) is 24.9 Å². The predicted molar refractivity (Wildman–Crippen MR) is 119 cm³/mol. The number of ether oxygens (including phenoxy) is 2. The summed E-state index contributed by atoms with van der Waals surface area (Å²) in [5.41, 5.74) is 4.19. The van der Waals surface area contributed by atoms with Gasteiger partial charge in [0.15, 0.2) is 0 Å². The van der Waals surface area contributed by atoms with E-state index < -0.39 is 6.10 Å². The number of benzene rings is 2. The number of aryl methyl sites for hydroxylation is 1. The number of alkyl halides is 1. The standard InChI is InChI=1S/C24H25BrFNO3/c1-3-12-29-21(13-25)20-15-30-23(18-8-10-19(26)11-9-18)22(20)24(28)27-14-17-6-4-16(2)5-7-17/h3-11,21,23H,1,12-15H2,2H3,(H,27,28). The fraction of sp³-hybridized carbons (Fsp3) is 0.292. The average Bonchev–Trinajstić information content (AvgIpc) is 3.19. The molecule has 0 bridgehead atoms. The van der Waals surface area contributed by atoms with Crippen molar-refractivity contribution in [3.8, 4) is 0 Å². The van der Waals surface area contributed by atoms with Crippen molar-refractivity contribution in [1.82, 2.24) is 5.32 Å². The molecule has 4 nitrogen and oxygen atoms in total. The Morgan fingerprint density at radius 3 is 2.63 bits per heavy atom. The summed E-state index contributed by atoms with van der Waals surface area (Å²) in [6.07, 6.45) is 0.765. The lowest BCUT2D eigenvalue weighted by Gasteiger charge is -2.19. The molecule has 0 fully saturated rings. The van der Waals surface area contributed by atoms with Crippen LogP contribution in [0, 0.1) is 12.7 Å². The maximum atomic E-state index is 13.4. The minimum absolute atomic E-state index is 0.217. The number of hydrogen-bond acceptors (Lipinski definition) is 3. The first kappa shape index (κ1) is 22.4. The molecule has 0 saturated heterocycles. The first-order chi connectivity index (χ1) is 14.5. The molecule has 1 N–H and O–H groups in total. The van der Waals surface area contributed by atoms with Gasteiger partial charge in [0.2, 0.25) is 0 Å². The third kappa shape index (κ3) is 5.45. The summed E-state index contributed by atoms with van der Waals surface area (Å²) in [5.74, 6) is -0.551. The van der Waals surface area contributed by atoms with Crippen LogP contribution in [0.5, 0.6) is 0 Å². The molecule has 2 aromatic carbocycles. The molecule has 2 atom stereocenters. The van der Waals surface area contributed by atoms with E-state index in [2.05, 4.69) is 27.8 Å². The molecule has 6 heteroatoms. The second-order valence-electron chi connectivity index (χ2n) is 7.11. The first-order valence-corrected chi connectivity index (χ1v) is 10.9. The summed E-state index contributed by atoms with van der Waals surface area (Å²) >= 11 is 3.47. The number of nitrogens with one attached hydrogen (secondary N) is 1. The average molecular weight is 474 g/mol. The van der Waals surface area contributed by atoms with E-state index in [4.69, 9.17) is 9.47 Å². The molecule has 2 aromatic rings. The van der Waals surface area contributed by atoms with Crippen molar-refractivity contribution in [2.45, 2.75) is 25.7 Å². The van der Waals surface area contributed by atoms with E-state index in [1.807, 2.05) is 31.2 Å². The van der Waals surface area contributed by atoms with Gasteiger partial charge in [-0.3, -0.25) is 4.79 Å². The topological polar surface area (TPSA) is 47.6 Å². The quantitative estimate of drug-likeness (QED) is 0.420. The summed E-state index contributed by atoms with van der Waals surface area (Å²) in [5, 5.41) is 3.51. The van der Waals surface area contributed by atoms with Crippen molar-refractivity contribution in [3.05, 3.63) is 94.8 Å². The van der Waals surface area contributed by atoms with E-state index in [9.17, 15) is 9.18 Å². The lowest BCUT2D eigenvalue weighted by Crippen LogP contribution is -2.29. The van der Waals surface area contributed by atoms with Crippen LogP contribution >= 0.6 is 15.9 Å². The molecule has 1 aliphatic rings. The fourth-order valence-corrected chi connectivity index (χ4v) is 3.92. The number of carbonyl (C=O) groups excluding carboxylic acids is 1. The predicted octanol–water partition coefficient (Wildman–Crippen LogP) is 4.78. The van der Waals surface area contributed by atoms with E-state index in [1.165, 1.54) is 12.1 Å². The van der Waals surface area contributed by atoms with E-state index >= 15 is 0 Å². The van der Waals surface area contributed by atoms with Crippen molar-refractivity contribution in [2.75, 3.05) is 18.5 Å². The smallest absolute Gasteiger partial charge is 0.250 e. The normalized spacial score (nSPS) is 17.1. The van der Waals surface area contributed by atoms with Crippen molar-refractivity contribution < 1.29 is 18.7 Å². The zero-order valence-corrected chi connectivity index (χ0v) is 18.5. The van der Waals surface area contributed by atoms with Gasteiger partial charge < -0.3 is 14.8 Å². The minimum atomic E-state index is -0.576. The lowest BCUT2D eigenvalue weighted by atomic mass is 9.96. The molecule has 2 unspecified atom stereocenters. The van der Waals surface area contributed by atoms with Gasteiger partial charge in [-0.2, -0.15) is 0 Å². The van der Waals surface area contributed by atoms with Gasteiger partial charge in [0.1, 0.15) is 11.9 Å². The Morgan fingerprint density at radius 1 is 1.30 bits per heavy atom. The van der Waals surface area contributed by atoms with Gasteiger partial charge in [-0.15, -0.1) is 6.58 Å². The highest BCUT2D eigenvalue weighted by Crippen LogP contribution is 2.37. The molecule has 1 amide bonds. The molecule has 1 aliphatic heterocycles. The zero-order valence-electron chi connectivity index (χ0n) is 16.9. The second-order valence-corrected chi connectivity index (χ2v) is 7.76. The van der Waals surface area contributed by atoms with Crippen molar-refractivity contribution in [1.29, 1.82) is 0 Å². The Labute approximate surface area is 184 Å². The van der Waals surface area contributed by atoms with Gasteiger partial charge in [0.25, 0.3) is 5.91 Å². The maximum Gasteiger partial charge on any atom is 0.250 e. The Hall–Kier alpha value is -2.28. The molecule has 0 aliphatic carbocycles. The summed E-state index contributed by atoms with van der Waals surface area (Å²) in [4.78, 5) is 13.2. The Kier molecular flexibility index (Phi) is 7.96. The zero-order chi connectivity index (χ0) is 21.5. The van der Waals surface area contributed by atoms with Gasteiger partial charge in [0, 0.05) is 11.9 Å². The van der Waals surface area contributed by atoms with Crippen molar-refractivity contribution in [2.24, 2.45) is 0 Å². The van der Waals surface area contributed by atoms with Gasteiger partial charge in [-0.05, 0) is 35.8 Å². The molecular weight excluding hydrogens is 449 g/mol. The molecule has 1 heterocycles. The van der Waals surface area contributed by atoms with E-state index in [0.717, 1.165) is 22.3 Å². The van der Waals surface area contributed by atoms with E-state index in [0.29, 0.717) is 24.1 Å². The third-order valence-electron chi connectivity index (χ3n) is 4.95. The summed E-state index contributed by atoms with van der Waals surface area (Å²) in [7, 11) is 0. The molecule has 0 saturated carbocycles. The monoisotopic (exact) mass is 473 g/mol. The number of halogens is 2. The van der Waals surface area contributed by atoms with E-state index in [1.54, 1.807) is 18.2 Å². The number of rotatable bonds is 9. The van der Waals surface area contributed by atoms with Crippen LogP contribution in [0.2, 0.25) is 0 Å². The number of amides is 1. The van der Waals surface area contributed by atoms with Crippen LogP contribution in [0.4, 0.5) is 4.39 Å². The Balaban J connectivity index is 1.88. The molecule has 3 rings (SSSR count). The highest BCUT2D eigenvalue weighted by atomic mass is 79.9. The van der Waals surface area contributed by atoms with Crippen LogP contribution in [-0.4, -0.2) is 30.6 Å². The highest BCUT2D eigenvalue weighted by Gasteiger charge is 2.36. The maximum absolute atomic E-state index is 13.4. The van der Waals surface area contributed by atoms with Crippen LogP contribution in [0.1, 0.15) is 22.8 Å². The Bertz CT molecular complexity index is 909. The molecule has 158 valence electrons. The van der Waals surface area contributed by atoms with Gasteiger partial charge in [-0.1, -0.05) is 64.0 Å². The molecule has 0 radical (unpaired) electrons. The summed E-state index contributed by atoms with van der Waals surface area (Å²) in [6.45, 7) is 6.73. The SMILES string of the molecule is C=CCOC(CBr)C1=C(C(=O)NCc2ccc(C)cc2)C(c2ccc(F)cc2)OC1. The molecule has 0 aromatic heterocycles. The van der Waals surface area contributed by atoms with Crippen LogP contribution in [0.15, 0.2) is 72.3 Å². The summed E-state index contributed by atoms with van der Waals surface area (Å²) < 4.78 is 25.2. The van der Waals surface area contributed by atoms with Crippen LogP contribution in [0.25, 0.3) is 0 Å². The number of carbonyl (C=O) groups is 1. The van der Waals surface area contributed by atoms with Crippen LogP contribution in [0.3, 0.4) is 0 Å². The van der Waals surface area contributed by atoms with Crippen molar-refractivity contribution >= 4 is 21.8 Å². The first-order valence-electron chi connectivity index (χ1n) is 9.75. The van der Waals surface area contributed by atoms with E-state index in [-0.39, 0.29) is 24.4 Å². The lowest BCUT2D eigenvalue weighted by molar-refractivity contribution is -0.118. The number of hydrogen-bond donors (Lipinski definition) is 1. The highest BCUT2D eigenvalue weighted by molar-refractivity contribution is 9.09. The second kappa shape index (κ2) is 10.7. The van der Waals surface area contributed by atoms with Gasteiger partial charge in [-0.25, -0.2) is 4.39 Å². The molecule has 30 heavy (non-hydrogen) atoms. The third-order valence-corrected chi connectivity index (χ3v) is 5.54. The minimum Gasteiger partial charge on any atom is -0.369 e. The summed E-state index contributed by atoms with van der Waals surface area (Å²) in [6, 6.07) is 14.0. The van der Waals surface area contributed by atoms with Crippen LogP contribution in [-0.2, 0) is 20.8 Å². The van der Waals surface area contributed by atoms with Gasteiger partial charge >= 0.3 is 0 Å². The van der Waals surface area contributed by atoms with Crippen molar-refractivity contribution in [3.63, 3.8) is 0 Å². The molecular formula is C24H25BrFNO3. The largest absolute Gasteiger partial charge is 0.369 e.